The largest absolute Gasteiger partial charge is 0.466 e. The first kappa shape index (κ1) is 24.6. The maximum Gasteiger partial charge on any atom is 0.311 e. The number of halogens is 2. The van der Waals surface area contributed by atoms with Crippen LogP contribution in [0.4, 0.5) is 10.2 Å². The van der Waals surface area contributed by atoms with Crippen LogP contribution in [0.3, 0.4) is 0 Å². The zero-order valence-corrected chi connectivity index (χ0v) is 23.9. The summed E-state index contributed by atoms with van der Waals surface area (Å²) in [4.78, 5) is 22.5. The highest BCUT2D eigenvalue weighted by molar-refractivity contribution is 14.2. The molecule has 0 aliphatic heterocycles. The van der Waals surface area contributed by atoms with E-state index in [0.29, 0.717) is 41.2 Å². The molecule has 4 aliphatic rings. The number of nitrogens with one attached hydrogen (secondary N) is 1. The van der Waals surface area contributed by atoms with Crippen molar-refractivity contribution in [2.24, 2.45) is 17.8 Å². The molecule has 2 atom stereocenters. The molecule has 0 unspecified atom stereocenters. The van der Waals surface area contributed by atoms with Gasteiger partial charge in [-0.2, -0.15) is 0 Å². The summed E-state index contributed by atoms with van der Waals surface area (Å²) < 4.78 is 23.6. The third-order valence-electron chi connectivity index (χ3n) is 8.53. The normalized spacial score (nSPS) is 24.8. The molecule has 4 saturated carbocycles. The molecule has 198 valence electrons. The second-order valence-electron chi connectivity index (χ2n) is 10.7. The van der Waals surface area contributed by atoms with Crippen molar-refractivity contribution < 1.29 is 13.9 Å². The summed E-state index contributed by atoms with van der Waals surface area (Å²) in [5.74, 6) is 1.77. The predicted octanol–water partition coefficient (Wildman–Crippen LogP) is 6.39. The second-order valence-corrected chi connectivity index (χ2v) is 12.4. The Morgan fingerprint density at radius 3 is 2.76 bits per heavy atom. The van der Waals surface area contributed by atoms with Crippen molar-refractivity contribution in [3.63, 3.8) is 0 Å². The van der Waals surface area contributed by atoms with E-state index in [-0.39, 0.29) is 17.9 Å². The second kappa shape index (κ2) is 9.65. The highest BCUT2D eigenvalue weighted by Crippen LogP contribution is 2.48. The fourth-order valence-electron chi connectivity index (χ4n) is 6.66. The molecule has 8 rings (SSSR count). The topological polar surface area (TPSA) is 86.3 Å². The van der Waals surface area contributed by atoms with Gasteiger partial charge in [-0.15, -0.1) is 5.10 Å². The minimum atomic E-state index is -0.401. The quantitative estimate of drug-likeness (QED) is 0.184. The van der Waals surface area contributed by atoms with Gasteiger partial charge in [-0.3, -0.25) is 8.77 Å². The van der Waals surface area contributed by atoms with Gasteiger partial charge in [-0.05, 0) is 80.9 Å². The van der Waals surface area contributed by atoms with Crippen LogP contribution in [0.2, 0.25) is 0 Å². The number of nitrogens with zero attached hydrogens (tertiary/aromatic N) is 5. The van der Waals surface area contributed by atoms with Crippen LogP contribution in [-0.2, 0) is 9.53 Å². The Kier molecular flexibility index (Phi) is 6.25. The van der Waals surface area contributed by atoms with E-state index in [4.69, 9.17) is 14.8 Å². The molecule has 0 radical (unpaired) electrons. The smallest absolute Gasteiger partial charge is 0.311 e. The number of hydrogen-bond donors (Lipinski definition) is 1. The Hall–Kier alpha value is -2.41. The molecule has 1 N–H and O–H groups in total. The predicted molar refractivity (Wildman–Crippen MR) is 154 cm³/mol. The van der Waals surface area contributed by atoms with Crippen LogP contribution >= 0.6 is 30.3 Å². The fraction of sp³-hybridized carbons (Fsp3) is 0.481. The Bertz CT molecular complexity index is 1540. The molecule has 4 aromatic heterocycles. The fourth-order valence-corrected chi connectivity index (χ4v) is 7.92. The first-order valence-electron chi connectivity index (χ1n) is 13.3. The standard InChI is InChI=1S/C27H28FIN6O2S/c1-2-37-27(36)21-15-5-7-16(8-6-15)22(21)31-25-23-18(14-3-4-14)9-10-34(23)33-24(32-25)20-13-35(38-29)26-19(20)11-17(28)12-30-26/h9-16,21-22H,2-8H2,1H3,(H,31,32,33)/t15?,16?,21-,22-/m0/s1. The third kappa shape index (κ3) is 4.07. The molecule has 0 aromatic carbocycles. The van der Waals surface area contributed by atoms with Gasteiger partial charge >= 0.3 is 5.97 Å². The lowest BCUT2D eigenvalue weighted by atomic mass is 9.61. The van der Waals surface area contributed by atoms with Gasteiger partial charge in [0.25, 0.3) is 0 Å². The zero-order valence-electron chi connectivity index (χ0n) is 20.9. The average molecular weight is 647 g/mol. The van der Waals surface area contributed by atoms with E-state index >= 15 is 0 Å². The van der Waals surface area contributed by atoms with E-state index in [1.165, 1.54) is 26.9 Å². The number of pyridine rings is 1. The lowest BCUT2D eigenvalue weighted by molar-refractivity contribution is -0.154. The summed E-state index contributed by atoms with van der Waals surface area (Å²) >= 11 is 2.19. The van der Waals surface area contributed by atoms with Crippen LogP contribution in [0, 0.1) is 23.6 Å². The lowest BCUT2D eigenvalue weighted by Gasteiger charge is -2.47. The maximum atomic E-state index is 14.3. The van der Waals surface area contributed by atoms with E-state index in [1.54, 1.807) is 0 Å². The SMILES string of the molecule is CCOC(=O)[C@H]1C2CCC(CC2)[C@@H]1Nc1nc(-c2cn(SI)c3ncc(F)cc23)nn2ccc(C3CC3)c12. The molecule has 4 heterocycles. The summed E-state index contributed by atoms with van der Waals surface area (Å²) in [5, 5.41) is 9.32. The van der Waals surface area contributed by atoms with Gasteiger partial charge in [0.05, 0.1) is 18.7 Å². The number of carbonyl (C=O) groups excluding carboxylic acids is 1. The summed E-state index contributed by atoms with van der Waals surface area (Å²) in [6.07, 6.45) is 11.8. The highest BCUT2D eigenvalue weighted by atomic mass is 127. The summed E-state index contributed by atoms with van der Waals surface area (Å²) in [7, 11) is 1.46. The van der Waals surface area contributed by atoms with E-state index in [2.05, 4.69) is 37.6 Å². The average Bonchev–Trinajstić information content (AvgIpc) is 3.58. The number of ether oxygens (including phenoxy) is 1. The molecular formula is C27H28FIN6O2S. The van der Waals surface area contributed by atoms with Crippen molar-refractivity contribution in [3.05, 3.63) is 42.1 Å². The maximum absolute atomic E-state index is 14.3. The lowest BCUT2D eigenvalue weighted by Crippen LogP contribution is -2.52. The van der Waals surface area contributed by atoms with E-state index in [1.807, 2.05) is 27.8 Å². The van der Waals surface area contributed by atoms with E-state index in [0.717, 1.165) is 55.4 Å². The van der Waals surface area contributed by atoms with Crippen LogP contribution in [0.5, 0.6) is 0 Å². The minimum absolute atomic E-state index is 0.0413. The molecule has 4 aliphatic carbocycles. The first-order chi connectivity index (χ1) is 18.6. The number of carbonyl (C=O) groups is 1. The van der Waals surface area contributed by atoms with Crippen molar-refractivity contribution in [1.82, 2.24) is 23.6 Å². The number of hydrogen-bond acceptors (Lipinski definition) is 7. The Morgan fingerprint density at radius 2 is 2.03 bits per heavy atom. The van der Waals surface area contributed by atoms with Crippen molar-refractivity contribution in [3.8, 4) is 11.4 Å². The Labute approximate surface area is 235 Å². The van der Waals surface area contributed by atoms with Crippen molar-refractivity contribution in [2.75, 3.05) is 11.9 Å². The summed E-state index contributed by atoms with van der Waals surface area (Å²) in [6.45, 7) is 2.25. The molecule has 0 amide bonds. The molecule has 0 spiro atoms. The Balaban J connectivity index is 1.37. The number of fused-ring (bicyclic) bond motifs is 5. The van der Waals surface area contributed by atoms with Crippen molar-refractivity contribution >= 4 is 58.7 Å². The summed E-state index contributed by atoms with van der Waals surface area (Å²) in [5.41, 5.74) is 3.59. The highest BCUT2D eigenvalue weighted by Gasteiger charge is 2.48. The van der Waals surface area contributed by atoms with Crippen LogP contribution < -0.4 is 5.32 Å². The van der Waals surface area contributed by atoms with Crippen LogP contribution in [0.1, 0.15) is 56.9 Å². The number of aromatic nitrogens is 5. The molecule has 4 aromatic rings. The Morgan fingerprint density at radius 1 is 1.24 bits per heavy atom. The minimum Gasteiger partial charge on any atom is -0.466 e. The van der Waals surface area contributed by atoms with Gasteiger partial charge in [-0.1, -0.05) is 0 Å². The number of esters is 1. The van der Waals surface area contributed by atoms with Gasteiger partial charge in [0, 0.05) is 59.7 Å². The monoisotopic (exact) mass is 646 g/mol. The van der Waals surface area contributed by atoms with Crippen LogP contribution in [0.25, 0.3) is 27.9 Å². The molecule has 0 saturated heterocycles. The van der Waals surface area contributed by atoms with Gasteiger partial charge < -0.3 is 10.1 Å². The molecule has 11 heteroatoms. The van der Waals surface area contributed by atoms with E-state index < -0.39 is 5.82 Å². The van der Waals surface area contributed by atoms with Gasteiger partial charge in [-0.25, -0.2) is 18.9 Å². The number of rotatable bonds is 7. The van der Waals surface area contributed by atoms with Gasteiger partial charge in [0.15, 0.2) is 17.3 Å². The van der Waals surface area contributed by atoms with Crippen molar-refractivity contribution in [2.45, 2.75) is 57.4 Å². The van der Waals surface area contributed by atoms with Gasteiger partial charge in [0.1, 0.15) is 11.3 Å². The molecule has 2 bridgehead atoms. The number of anilines is 1. The van der Waals surface area contributed by atoms with Crippen LogP contribution in [-0.4, -0.2) is 42.2 Å². The zero-order chi connectivity index (χ0) is 26.0. The van der Waals surface area contributed by atoms with Crippen LogP contribution in [0.15, 0.2) is 30.7 Å². The summed E-state index contributed by atoms with van der Waals surface area (Å²) in [6, 6.07) is 3.59. The van der Waals surface area contributed by atoms with E-state index in [9.17, 15) is 9.18 Å². The van der Waals surface area contributed by atoms with Crippen molar-refractivity contribution in [1.29, 1.82) is 0 Å². The van der Waals surface area contributed by atoms with Gasteiger partial charge in [0.2, 0.25) is 0 Å². The molecule has 4 fully saturated rings. The molecular weight excluding hydrogens is 618 g/mol. The third-order valence-corrected chi connectivity index (χ3v) is 10.2. The molecule has 38 heavy (non-hydrogen) atoms. The molecule has 8 nitrogen and oxygen atoms in total. The first-order valence-corrected chi connectivity index (χ1v) is 16.7.